The number of carbonyl (C=O) groups is 1. The van der Waals surface area contributed by atoms with Crippen LogP contribution in [0, 0.1) is 0 Å². The third-order valence-electron chi connectivity index (χ3n) is 4.63. The average molecular weight is 309 g/mol. The largest absolute Gasteiger partial charge is 0.465 e. The number of para-hydroxylation sites is 1. The first kappa shape index (κ1) is 14.3. The van der Waals surface area contributed by atoms with Gasteiger partial charge in [0.05, 0.1) is 30.8 Å². The predicted molar refractivity (Wildman–Crippen MR) is 89.9 cm³/mol. The number of rotatable bonds is 2. The number of fused-ring (bicyclic) bond motifs is 3. The SMILES string of the molecule is COC(=O)c1ccc2c3ccccc3n(C3CCCOC3)c2c1. The van der Waals surface area contributed by atoms with Crippen LogP contribution in [0.4, 0.5) is 0 Å². The van der Waals surface area contributed by atoms with Crippen molar-refractivity contribution in [1.29, 1.82) is 0 Å². The number of ether oxygens (including phenoxy) is 2. The monoisotopic (exact) mass is 309 g/mol. The number of esters is 1. The lowest BCUT2D eigenvalue weighted by molar-refractivity contribution is 0.0600. The Hall–Kier alpha value is -2.33. The first-order valence-electron chi connectivity index (χ1n) is 7.98. The molecule has 2 aromatic carbocycles. The smallest absolute Gasteiger partial charge is 0.337 e. The zero-order valence-electron chi connectivity index (χ0n) is 13.1. The lowest BCUT2D eigenvalue weighted by Crippen LogP contribution is -2.21. The topological polar surface area (TPSA) is 40.5 Å². The quantitative estimate of drug-likeness (QED) is 0.673. The van der Waals surface area contributed by atoms with E-state index in [9.17, 15) is 4.79 Å². The molecule has 0 amide bonds. The van der Waals surface area contributed by atoms with E-state index in [4.69, 9.17) is 9.47 Å². The van der Waals surface area contributed by atoms with Gasteiger partial charge in [-0.15, -0.1) is 0 Å². The number of carbonyl (C=O) groups excluding carboxylic acids is 1. The Balaban J connectivity index is 2.00. The summed E-state index contributed by atoms with van der Waals surface area (Å²) in [6, 6.07) is 14.5. The molecule has 0 radical (unpaired) electrons. The second kappa shape index (κ2) is 5.70. The van der Waals surface area contributed by atoms with Crippen LogP contribution in [-0.2, 0) is 9.47 Å². The standard InChI is InChI=1S/C19H19NO3/c1-22-19(21)13-8-9-16-15-6-2-3-7-17(15)20(18(16)11-13)14-5-4-10-23-12-14/h2-3,6-9,11,14H,4-5,10,12H2,1H3. The summed E-state index contributed by atoms with van der Waals surface area (Å²) < 4.78 is 12.9. The zero-order valence-corrected chi connectivity index (χ0v) is 13.1. The molecule has 4 heteroatoms. The van der Waals surface area contributed by atoms with Gasteiger partial charge in [-0.1, -0.05) is 24.3 Å². The van der Waals surface area contributed by atoms with E-state index in [0.717, 1.165) is 31.6 Å². The van der Waals surface area contributed by atoms with Gasteiger partial charge in [0.2, 0.25) is 0 Å². The van der Waals surface area contributed by atoms with Gasteiger partial charge in [0.1, 0.15) is 0 Å². The Morgan fingerprint density at radius 2 is 2.00 bits per heavy atom. The van der Waals surface area contributed by atoms with E-state index in [-0.39, 0.29) is 5.97 Å². The summed E-state index contributed by atoms with van der Waals surface area (Å²) in [5.41, 5.74) is 2.85. The summed E-state index contributed by atoms with van der Waals surface area (Å²) in [7, 11) is 1.41. The molecule has 0 saturated carbocycles. The number of aromatic nitrogens is 1. The molecular weight excluding hydrogens is 290 g/mol. The maximum Gasteiger partial charge on any atom is 0.337 e. The Bertz CT molecular complexity index is 875. The summed E-state index contributed by atoms with van der Waals surface area (Å²) >= 11 is 0. The summed E-state index contributed by atoms with van der Waals surface area (Å²) in [5, 5.41) is 2.38. The Morgan fingerprint density at radius 1 is 1.17 bits per heavy atom. The van der Waals surface area contributed by atoms with Crippen LogP contribution in [0.25, 0.3) is 21.8 Å². The van der Waals surface area contributed by atoms with Crippen molar-refractivity contribution in [3.05, 3.63) is 48.0 Å². The van der Waals surface area contributed by atoms with E-state index in [0.29, 0.717) is 11.6 Å². The molecule has 1 atom stereocenters. The van der Waals surface area contributed by atoms with Crippen molar-refractivity contribution in [3.63, 3.8) is 0 Å². The molecule has 1 unspecified atom stereocenters. The normalized spacial score (nSPS) is 18.4. The Morgan fingerprint density at radius 3 is 2.78 bits per heavy atom. The van der Waals surface area contributed by atoms with Crippen molar-refractivity contribution in [3.8, 4) is 0 Å². The molecule has 0 aliphatic carbocycles. The zero-order chi connectivity index (χ0) is 15.8. The highest BCUT2D eigenvalue weighted by atomic mass is 16.5. The lowest BCUT2D eigenvalue weighted by Gasteiger charge is -2.25. The lowest BCUT2D eigenvalue weighted by atomic mass is 10.1. The van der Waals surface area contributed by atoms with E-state index in [1.54, 1.807) is 0 Å². The fraction of sp³-hybridized carbons (Fsp3) is 0.316. The molecule has 4 nitrogen and oxygen atoms in total. The molecular formula is C19H19NO3. The molecule has 3 aromatic rings. The minimum atomic E-state index is -0.302. The van der Waals surface area contributed by atoms with Crippen LogP contribution in [0.5, 0.6) is 0 Å². The fourth-order valence-electron chi connectivity index (χ4n) is 3.57. The Kier molecular flexibility index (Phi) is 3.54. The van der Waals surface area contributed by atoms with Crippen LogP contribution in [0.1, 0.15) is 29.2 Å². The minimum Gasteiger partial charge on any atom is -0.465 e. The second-order valence-corrected chi connectivity index (χ2v) is 5.98. The minimum absolute atomic E-state index is 0.302. The maximum atomic E-state index is 11.9. The van der Waals surface area contributed by atoms with Crippen molar-refractivity contribution in [2.24, 2.45) is 0 Å². The van der Waals surface area contributed by atoms with Gasteiger partial charge in [-0.2, -0.15) is 0 Å². The third kappa shape index (κ3) is 2.30. The summed E-state index contributed by atoms with van der Waals surface area (Å²) in [4.78, 5) is 11.9. The van der Waals surface area contributed by atoms with Crippen LogP contribution in [0.2, 0.25) is 0 Å². The van der Waals surface area contributed by atoms with E-state index < -0.39 is 0 Å². The molecule has 2 heterocycles. The highest BCUT2D eigenvalue weighted by Crippen LogP contribution is 2.35. The van der Waals surface area contributed by atoms with Crippen molar-refractivity contribution in [2.75, 3.05) is 20.3 Å². The number of benzene rings is 2. The third-order valence-corrected chi connectivity index (χ3v) is 4.63. The predicted octanol–water partition coefficient (Wildman–Crippen LogP) is 3.93. The summed E-state index contributed by atoms with van der Waals surface area (Å²) in [5.74, 6) is -0.302. The number of hydrogen-bond acceptors (Lipinski definition) is 3. The van der Waals surface area contributed by atoms with Crippen molar-refractivity contribution in [2.45, 2.75) is 18.9 Å². The van der Waals surface area contributed by atoms with Gasteiger partial charge >= 0.3 is 5.97 Å². The molecule has 0 bridgehead atoms. The van der Waals surface area contributed by atoms with Gasteiger partial charge in [0.25, 0.3) is 0 Å². The highest BCUT2D eigenvalue weighted by Gasteiger charge is 2.21. The van der Waals surface area contributed by atoms with E-state index in [2.05, 4.69) is 28.8 Å². The molecule has 118 valence electrons. The van der Waals surface area contributed by atoms with Crippen LogP contribution in [0.3, 0.4) is 0 Å². The molecule has 4 rings (SSSR count). The van der Waals surface area contributed by atoms with Crippen LogP contribution in [0.15, 0.2) is 42.5 Å². The first-order valence-corrected chi connectivity index (χ1v) is 7.98. The van der Waals surface area contributed by atoms with Gasteiger partial charge in [-0.25, -0.2) is 4.79 Å². The van der Waals surface area contributed by atoms with Crippen LogP contribution < -0.4 is 0 Å². The van der Waals surface area contributed by atoms with Gasteiger partial charge in [-0.3, -0.25) is 0 Å². The molecule has 1 fully saturated rings. The molecule has 1 aliphatic heterocycles. The molecule has 0 N–H and O–H groups in total. The summed E-state index contributed by atoms with van der Waals surface area (Å²) in [6.07, 6.45) is 2.16. The molecule has 23 heavy (non-hydrogen) atoms. The molecule has 1 saturated heterocycles. The van der Waals surface area contributed by atoms with Gasteiger partial charge in [0.15, 0.2) is 0 Å². The van der Waals surface area contributed by atoms with Gasteiger partial charge < -0.3 is 14.0 Å². The maximum absolute atomic E-state index is 11.9. The number of hydrogen-bond donors (Lipinski definition) is 0. The fourth-order valence-corrected chi connectivity index (χ4v) is 3.57. The van der Waals surface area contributed by atoms with Crippen LogP contribution in [-0.4, -0.2) is 30.9 Å². The van der Waals surface area contributed by atoms with Gasteiger partial charge in [0, 0.05) is 22.9 Å². The van der Waals surface area contributed by atoms with Crippen molar-refractivity contribution < 1.29 is 14.3 Å². The summed E-state index contributed by atoms with van der Waals surface area (Å²) in [6.45, 7) is 1.55. The van der Waals surface area contributed by atoms with E-state index >= 15 is 0 Å². The second-order valence-electron chi connectivity index (χ2n) is 5.98. The average Bonchev–Trinajstić information content (AvgIpc) is 2.95. The molecule has 1 aromatic heterocycles. The van der Waals surface area contributed by atoms with Gasteiger partial charge in [-0.05, 0) is 31.0 Å². The van der Waals surface area contributed by atoms with Crippen LogP contribution >= 0.6 is 0 Å². The van der Waals surface area contributed by atoms with Crippen molar-refractivity contribution in [1.82, 2.24) is 4.57 Å². The highest BCUT2D eigenvalue weighted by molar-refractivity contribution is 6.09. The number of nitrogens with zero attached hydrogens (tertiary/aromatic N) is 1. The first-order chi connectivity index (χ1) is 11.3. The molecule has 1 aliphatic rings. The van der Waals surface area contributed by atoms with Crippen molar-refractivity contribution >= 4 is 27.8 Å². The molecule has 0 spiro atoms. The Labute approximate surface area is 134 Å². The van der Waals surface area contributed by atoms with E-state index in [1.165, 1.54) is 23.4 Å². The van der Waals surface area contributed by atoms with E-state index in [1.807, 2.05) is 18.2 Å². The number of methoxy groups -OCH3 is 1.